The first-order valence-electron chi connectivity index (χ1n) is 29.8. The summed E-state index contributed by atoms with van der Waals surface area (Å²) in [6.07, 6.45) is 0. The number of hydrogen-bond donors (Lipinski definition) is 0. The van der Waals surface area contributed by atoms with Crippen LogP contribution in [-0.2, 0) is 16.2 Å². The van der Waals surface area contributed by atoms with Crippen LogP contribution in [0.4, 0.5) is 34.1 Å². The van der Waals surface area contributed by atoms with Gasteiger partial charge in [-0.1, -0.05) is 208 Å². The summed E-state index contributed by atoms with van der Waals surface area (Å²) in [7, 11) is 0. The molecule has 6 heteroatoms. The van der Waals surface area contributed by atoms with Gasteiger partial charge in [-0.05, 0) is 145 Å². The van der Waals surface area contributed by atoms with Gasteiger partial charge >= 0.3 is 0 Å². The van der Waals surface area contributed by atoms with E-state index in [0.717, 1.165) is 78.2 Å². The molecule has 3 aromatic heterocycles. The second-order valence-corrected chi connectivity index (χ2v) is 26.6. The highest BCUT2D eigenvalue weighted by Crippen LogP contribution is 2.51. The largest absolute Gasteiger partial charge is 0.452 e. The molecule has 5 nitrogen and oxygen atoms in total. The second kappa shape index (κ2) is 18.0. The van der Waals surface area contributed by atoms with E-state index in [1.165, 1.54) is 77.0 Å². The summed E-state index contributed by atoms with van der Waals surface area (Å²) in [6.45, 7) is 20.9. The molecule has 84 heavy (non-hydrogen) atoms. The maximum Gasteiger partial charge on any atom is 0.252 e. The summed E-state index contributed by atoms with van der Waals surface area (Å²) >= 11 is 0. The molecule has 0 radical (unpaired) electrons. The average Bonchev–Trinajstić information content (AvgIpc) is 0.799. The Bertz CT molecular complexity index is 4930. The molecule has 406 valence electrons. The topological polar surface area (TPSA) is 29.5 Å². The van der Waals surface area contributed by atoms with E-state index in [1.54, 1.807) is 0 Å². The van der Waals surface area contributed by atoms with Gasteiger partial charge in [0.25, 0.3) is 6.71 Å². The lowest BCUT2D eigenvalue weighted by atomic mass is 9.33. The van der Waals surface area contributed by atoms with Gasteiger partial charge in [0.2, 0.25) is 0 Å². The van der Waals surface area contributed by atoms with Crippen molar-refractivity contribution >= 4 is 123 Å². The van der Waals surface area contributed by atoms with Crippen molar-refractivity contribution in [2.75, 3.05) is 9.80 Å². The number of rotatable bonds is 5. The van der Waals surface area contributed by atoms with E-state index in [9.17, 15) is 0 Å². The fourth-order valence-electron chi connectivity index (χ4n) is 14.1. The van der Waals surface area contributed by atoms with Gasteiger partial charge in [-0.25, -0.2) is 0 Å². The maximum atomic E-state index is 7.70. The summed E-state index contributed by atoms with van der Waals surface area (Å²) in [4.78, 5) is 5.18. The van der Waals surface area contributed by atoms with Crippen LogP contribution < -0.4 is 26.2 Å². The highest BCUT2D eigenvalue weighted by atomic mass is 16.3. The minimum absolute atomic E-state index is 0.0199. The van der Waals surface area contributed by atoms with Crippen LogP contribution in [0.1, 0.15) is 79.0 Å². The summed E-state index contributed by atoms with van der Waals surface area (Å²) in [5.74, 6) is 0. The van der Waals surface area contributed by atoms with Gasteiger partial charge in [0, 0.05) is 66.4 Å². The van der Waals surface area contributed by atoms with Crippen molar-refractivity contribution in [3.8, 4) is 22.5 Å². The zero-order valence-electron chi connectivity index (χ0n) is 49.2. The third kappa shape index (κ3) is 7.48. The fraction of sp³-hybridized carbons (Fsp3) is 0.154. The molecule has 16 rings (SSSR count). The van der Waals surface area contributed by atoms with Crippen LogP contribution in [0.25, 0.3) is 88.1 Å². The highest BCUT2D eigenvalue weighted by Gasteiger charge is 2.45. The van der Waals surface area contributed by atoms with Crippen molar-refractivity contribution in [3.63, 3.8) is 0 Å². The van der Waals surface area contributed by atoms with Crippen LogP contribution >= 0.6 is 0 Å². The van der Waals surface area contributed by atoms with Crippen molar-refractivity contribution in [2.45, 2.75) is 78.6 Å². The molecule has 0 saturated heterocycles. The third-order valence-electron chi connectivity index (χ3n) is 18.3. The molecule has 0 spiro atoms. The Balaban J connectivity index is 1.02. The van der Waals surface area contributed by atoms with E-state index in [4.69, 9.17) is 4.42 Å². The van der Waals surface area contributed by atoms with E-state index < -0.39 is 0 Å². The molecular formula is C78H65BN4O. The lowest BCUT2D eigenvalue weighted by Gasteiger charge is -2.45. The molecule has 2 aliphatic rings. The molecule has 5 heterocycles. The van der Waals surface area contributed by atoms with Crippen LogP contribution in [0.5, 0.6) is 0 Å². The quantitative estimate of drug-likeness (QED) is 0.161. The lowest BCUT2D eigenvalue weighted by molar-refractivity contribution is 0.590. The van der Waals surface area contributed by atoms with Crippen LogP contribution in [0, 0.1) is 0 Å². The van der Waals surface area contributed by atoms with Gasteiger partial charge in [-0.3, -0.25) is 0 Å². The number of anilines is 6. The van der Waals surface area contributed by atoms with Crippen molar-refractivity contribution in [1.29, 1.82) is 0 Å². The predicted molar refractivity (Wildman–Crippen MR) is 358 cm³/mol. The van der Waals surface area contributed by atoms with Crippen molar-refractivity contribution in [3.05, 3.63) is 247 Å². The molecule has 2 aliphatic heterocycles. The number of hydrogen-bond acceptors (Lipinski definition) is 3. The van der Waals surface area contributed by atoms with Crippen LogP contribution in [0.15, 0.2) is 235 Å². The molecule has 14 aromatic rings. The Hall–Kier alpha value is -9.52. The van der Waals surface area contributed by atoms with E-state index in [0.29, 0.717) is 0 Å². The normalized spacial score (nSPS) is 13.5. The number of para-hydroxylation sites is 5. The Morgan fingerprint density at radius 2 is 0.810 bits per heavy atom. The fourth-order valence-corrected chi connectivity index (χ4v) is 14.1. The standard InChI is InChI=1S/C78H65BN4O/c1-76(2,3)50-34-37-53(38-35-50)80-69-47-54(81-63-29-17-13-24-55(63)56-25-14-18-30-64(56)81)39-40-61(69)79-62-44-51(77(4,5)6)36-41-67(62)83(71-46-52(78(7,8)9)45-70(80)73(71)79)72-43-49(48-22-11-10-12-23-48)42-60-59-28-21-33-68(74(59)84-75(60)72)82-65-31-19-15-26-57(65)58-27-16-20-32-66(58)82/h10-47H,1-9H3. The van der Waals surface area contributed by atoms with Gasteiger partial charge in [0.1, 0.15) is 0 Å². The van der Waals surface area contributed by atoms with Crippen LogP contribution in [0.2, 0.25) is 0 Å². The first-order valence-corrected chi connectivity index (χ1v) is 29.8. The predicted octanol–water partition coefficient (Wildman–Crippen LogP) is 19.4. The molecule has 0 amide bonds. The summed E-state index contributed by atoms with van der Waals surface area (Å²) in [5, 5.41) is 7.08. The monoisotopic (exact) mass is 1080 g/mol. The number of nitrogens with zero attached hydrogens (tertiary/aromatic N) is 4. The molecule has 0 unspecified atom stereocenters. The second-order valence-electron chi connectivity index (χ2n) is 26.6. The third-order valence-corrected chi connectivity index (χ3v) is 18.3. The molecule has 0 atom stereocenters. The Morgan fingerprint density at radius 3 is 1.40 bits per heavy atom. The van der Waals surface area contributed by atoms with Gasteiger partial charge < -0.3 is 23.4 Å². The van der Waals surface area contributed by atoms with E-state index in [1.807, 2.05) is 0 Å². The Labute approximate surface area is 491 Å². The van der Waals surface area contributed by atoms with Crippen molar-refractivity contribution in [1.82, 2.24) is 9.13 Å². The number of aromatic nitrogens is 2. The van der Waals surface area contributed by atoms with Crippen LogP contribution in [0.3, 0.4) is 0 Å². The zero-order chi connectivity index (χ0) is 57.1. The minimum Gasteiger partial charge on any atom is -0.452 e. The molecule has 11 aromatic carbocycles. The lowest BCUT2D eigenvalue weighted by Crippen LogP contribution is -2.61. The highest BCUT2D eigenvalue weighted by molar-refractivity contribution is 7.00. The Kier molecular flexibility index (Phi) is 10.8. The van der Waals surface area contributed by atoms with Crippen molar-refractivity contribution in [2.24, 2.45) is 0 Å². The summed E-state index contributed by atoms with van der Waals surface area (Å²) in [6, 6.07) is 86.6. The van der Waals surface area contributed by atoms with Gasteiger partial charge in [0.15, 0.2) is 11.2 Å². The summed E-state index contributed by atoms with van der Waals surface area (Å²) < 4.78 is 12.6. The number of benzene rings is 11. The molecular weight excluding hydrogens is 1020 g/mol. The van der Waals surface area contributed by atoms with E-state index in [2.05, 4.69) is 312 Å². The minimum atomic E-state index is -0.228. The number of furan rings is 1. The molecule has 0 N–H and O–H groups in total. The SMILES string of the molecule is CC(C)(C)c1ccc(N2c3cc(-n4c5ccccc5c5ccccc54)ccc3B3c4cc(C(C)(C)C)ccc4N(c4cc(-c5ccccc5)cc5c4oc4c(-n6c7ccccc7c7ccccc76)cccc45)c4cc(C(C)(C)C)cc2c43)cc1. The summed E-state index contributed by atoms with van der Waals surface area (Å²) in [5.41, 5.74) is 24.9. The number of fused-ring (bicyclic) bond motifs is 13. The first kappa shape index (κ1) is 50.2. The maximum absolute atomic E-state index is 7.70. The molecule has 0 saturated carbocycles. The van der Waals surface area contributed by atoms with Gasteiger partial charge in [-0.2, -0.15) is 0 Å². The van der Waals surface area contributed by atoms with Crippen molar-refractivity contribution < 1.29 is 4.42 Å². The first-order chi connectivity index (χ1) is 40.6. The average molecular weight is 1090 g/mol. The zero-order valence-corrected chi connectivity index (χ0v) is 49.2. The van der Waals surface area contributed by atoms with E-state index in [-0.39, 0.29) is 23.0 Å². The van der Waals surface area contributed by atoms with Gasteiger partial charge in [-0.15, -0.1) is 0 Å². The van der Waals surface area contributed by atoms with E-state index >= 15 is 0 Å². The molecule has 0 bridgehead atoms. The smallest absolute Gasteiger partial charge is 0.252 e. The van der Waals surface area contributed by atoms with Gasteiger partial charge in [0.05, 0.1) is 33.4 Å². The molecule has 0 fully saturated rings. The molecule has 0 aliphatic carbocycles. The van der Waals surface area contributed by atoms with Crippen LogP contribution in [-0.4, -0.2) is 15.8 Å². The Morgan fingerprint density at radius 1 is 0.298 bits per heavy atom.